The number of nitrogens with one attached hydrogen (secondary N) is 1. The molecule has 4 heteroatoms. The molecule has 1 amide bonds. The summed E-state index contributed by atoms with van der Waals surface area (Å²) in [4.78, 5) is 22.5. The van der Waals surface area contributed by atoms with Gasteiger partial charge in [-0.2, -0.15) is 0 Å². The lowest BCUT2D eigenvalue weighted by Crippen LogP contribution is -2.27. The molecule has 0 unspecified atom stereocenters. The molecular formula is C16H21NO3. The van der Waals surface area contributed by atoms with Gasteiger partial charge in [0.25, 0.3) is 0 Å². The Morgan fingerprint density at radius 2 is 1.80 bits per heavy atom. The first-order valence-electron chi connectivity index (χ1n) is 7.24. The van der Waals surface area contributed by atoms with E-state index in [9.17, 15) is 9.59 Å². The van der Waals surface area contributed by atoms with Crippen LogP contribution in [0.3, 0.4) is 0 Å². The highest BCUT2D eigenvalue weighted by atomic mass is 16.4. The zero-order chi connectivity index (χ0) is 14.4. The fraction of sp³-hybridized carbons (Fsp3) is 0.500. The normalized spacial score (nSPS) is 15.2. The van der Waals surface area contributed by atoms with Gasteiger partial charge in [0.2, 0.25) is 5.91 Å². The van der Waals surface area contributed by atoms with Gasteiger partial charge in [0.1, 0.15) is 0 Å². The Bertz CT molecular complexity index is 461. The molecule has 0 aliphatic heterocycles. The molecule has 2 N–H and O–H groups in total. The molecule has 0 bridgehead atoms. The molecule has 1 saturated carbocycles. The Balaban J connectivity index is 1.69. The third-order valence-corrected chi connectivity index (χ3v) is 3.89. The quantitative estimate of drug-likeness (QED) is 0.838. The molecule has 108 valence electrons. The lowest BCUT2D eigenvalue weighted by molar-refractivity contribution is -0.121. The van der Waals surface area contributed by atoms with Gasteiger partial charge in [-0.25, -0.2) is 4.79 Å². The van der Waals surface area contributed by atoms with Crippen LogP contribution < -0.4 is 5.32 Å². The van der Waals surface area contributed by atoms with Crippen molar-refractivity contribution in [1.82, 2.24) is 5.32 Å². The maximum atomic E-state index is 11.7. The largest absolute Gasteiger partial charge is 0.478 e. The van der Waals surface area contributed by atoms with Crippen LogP contribution in [0.4, 0.5) is 0 Å². The van der Waals surface area contributed by atoms with Crippen LogP contribution in [-0.4, -0.2) is 23.5 Å². The summed E-state index contributed by atoms with van der Waals surface area (Å²) in [5.41, 5.74) is 1.33. The van der Waals surface area contributed by atoms with Gasteiger partial charge in [-0.3, -0.25) is 4.79 Å². The molecule has 1 aliphatic rings. The number of rotatable bonds is 6. The summed E-state index contributed by atoms with van der Waals surface area (Å²) in [6, 6.07) is 6.79. The monoisotopic (exact) mass is 275 g/mol. The molecule has 1 aromatic carbocycles. The number of carbonyl (C=O) groups is 2. The van der Waals surface area contributed by atoms with Crippen LogP contribution in [0, 0.1) is 5.92 Å². The van der Waals surface area contributed by atoms with E-state index in [4.69, 9.17) is 5.11 Å². The average Bonchev–Trinajstić information content (AvgIpc) is 2.92. The van der Waals surface area contributed by atoms with Crippen molar-refractivity contribution in [2.24, 2.45) is 5.92 Å². The predicted octanol–water partition coefficient (Wildman–Crippen LogP) is 2.62. The molecule has 4 nitrogen and oxygen atoms in total. The highest BCUT2D eigenvalue weighted by Crippen LogP contribution is 2.27. The van der Waals surface area contributed by atoms with E-state index in [0.717, 1.165) is 12.0 Å². The maximum absolute atomic E-state index is 11.7. The Labute approximate surface area is 119 Å². The van der Waals surface area contributed by atoms with E-state index < -0.39 is 5.97 Å². The molecule has 1 fully saturated rings. The van der Waals surface area contributed by atoms with E-state index in [-0.39, 0.29) is 5.91 Å². The summed E-state index contributed by atoms with van der Waals surface area (Å²) in [6.45, 7) is 0.609. The summed E-state index contributed by atoms with van der Waals surface area (Å²) in [7, 11) is 0. The number of carboxylic acid groups (broad SMARTS) is 1. The number of aromatic carboxylic acids is 1. The summed E-state index contributed by atoms with van der Waals surface area (Å²) in [5, 5.41) is 11.7. The first-order chi connectivity index (χ1) is 9.65. The second-order valence-corrected chi connectivity index (χ2v) is 5.46. The van der Waals surface area contributed by atoms with Crippen LogP contribution in [-0.2, 0) is 11.2 Å². The SMILES string of the molecule is O=C(CC1CCCC1)NCCc1ccc(C(=O)O)cc1. The van der Waals surface area contributed by atoms with Crippen LogP contribution in [0.15, 0.2) is 24.3 Å². The maximum Gasteiger partial charge on any atom is 0.335 e. The van der Waals surface area contributed by atoms with Gasteiger partial charge in [0.05, 0.1) is 5.56 Å². The van der Waals surface area contributed by atoms with E-state index >= 15 is 0 Å². The minimum Gasteiger partial charge on any atom is -0.478 e. The minimum absolute atomic E-state index is 0.138. The number of benzene rings is 1. The number of amides is 1. The third-order valence-electron chi connectivity index (χ3n) is 3.89. The molecule has 0 heterocycles. The lowest BCUT2D eigenvalue weighted by atomic mass is 10.0. The molecule has 0 saturated heterocycles. The predicted molar refractivity (Wildman–Crippen MR) is 76.7 cm³/mol. The molecule has 0 atom stereocenters. The molecule has 20 heavy (non-hydrogen) atoms. The van der Waals surface area contributed by atoms with Crippen LogP contribution in [0.1, 0.15) is 48.0 Å². The molecule has 1 aliphatic carbocycles. The van der Waals surface area contributed by atoms with Gasteiger partial charge in [-0.05, 0) is 42.9 Å². The van der Waals surface area contributed by atoms with Gasteiger partial charge in [-0.15, -0.1) is 0 Å². The van der Waals surface area contributed by atoms with E-state index in [1.807, 2.05) is 0 Å². The van der Waals surface area contributed by atoms with Crippen LogP contribution in [0.25, 0.3) is 0 Å². The first kappa shape index (κ1) is 14.6. The van der Waals surface area contributed by atoms with E-state index in [0.29, 0.717) is 24.4 Å². The standard InChI is InChI=1S/C16H21NO3/c18-15(11-13-3-1-2-4-13)17-10-9-12-5-7-14(8-6-12)16(19)20/h5-8,13H,1-4,9-11H2,(H,17,18)(H,19,20). The molecule has 1 aromatic rings. The van der Waals surface area contributed by atoms with Crippen molar-refractivity contribution in [3.63, 3.8) is 0 Å². The van der Waals surface area contributed by atoms with Crippen molar-refractivity contribution < 1.29 is 14.7 Å². The van der Waals surface area contributed by atoms with E-state index in [1.165, 1.54) is 25.7 Å². The number of hydrogen-bond donors (Lipinski definition) is 2. The Kier molecular flexibility index (Phi) is 5.16. The summed E-state index contributed by atoms with van der Waals surface area (Å²) >= 11 is 0. The highest BCUT2D eigenvalue weighted by Gasteiger charge is 2.17. The van der Waals surface area contributed by atoms with Crippen molar-refractivity contribution in [1.29, 1.82) is 0 Å². The zero-order valence-electron chi connectivity index (χ0n) is 11.6. The molecule has 0 radical (unpaired) electrons. The molecule has 2 rings (SSSR count). The topological polar surface area (TPSA) is 66.4 Å². The molecule has 0 aromatic heterocycles. The van der Waals surface area contributed by atoms with Crippen molar-refractivity contribution in [2.45, 2.75) is 38.5 Å². The number of carbonyl (C=O) groups excluding carboxylic acids is 1. The Morgan fingerprint density at radius 3 is 2.40 bits per heavy atom. The fourth-order valence-electron chi connectivity index (χ4n) is 2.71. The summed E-state index contributed by atoms with van der Waals surface area (Å²) in [6.07, 6.45) is 6.27. The van der Waals surface area contributed by atoms with E-state index in [1.54, 1.807) is 24.3 Å². The minimum atomic E-state index is -0.915. The molecular weight excluding hydrogens is 254 g/mol. The van der Waals surface area contributed by atoms with Gasteiger partial charge < -0.3 is 10.4 Å². The van der Waals surface area contributed by atoms with Gasteiger partial charge in [-0.1, -0.05) is 25.0 Å². The second-order valence-electron chi connectivity index (χ2n) is 5.46. The van der Waals surface area contributed by atoms with Crippen molar-refractivity contribution in [3.05, 3.63) is 35.4 Å². The first-order valence-corrected chi connectivity index (χ1v) is 7.24. The van der Waals surface area contributed by atoms with Gasteiger partial charge in [0, 0.05) is 13.0 Å². The average molecular weight is 275 g/mol. The van der Waals surface area contributed by atoms with E-state index in [2.05, 4.69) is 5.32 Å². The van der Waals surface area contributed by atoms with Gasteiger partial charge in [0.15, 0.2) is 0 Å². The second kappa shape index (κ2) is 7.08. The zero-order valence-corrected chi connectivity index (χ0v) is 11.6. The highest BCUT2D eigenvalue weighted by molar-refractivity contribution is 5.87. The van der Waals surface area contributed by atoms with Crippen molar-refractivity contribution in [2.75, 3.05) is 6.54 Å². The Hall–Kier alpha value is -1.84. The number of carboxylic acids is 1. The van der Waals surface area contributed by atoms with Crippen molar-refractivity contribution >= 4 is 11.9 Å². The smallest absolute Gasteiger partial charge is 0.335 e. The third kappa shape index (κ3) is 4.37. The fourth-order valence-corrected chi connectivity index (χ4v) is 2.71. The summed E-state index contributed by atoms with van der Waals surface area (Å²) < 4.78 is 0. The number of hydrogen-bond acceptors (Lipinski definition) is 2. The van der Waals surface area contributed by atoms with Crippen LogP contribution >= 0.6 is 0 Å². The van der Waals surface area contributed by atoms with Crippen LogP contribution in [0.5, 0.6) is 0 Å². The lowest BCUT2D eigenvalue weighted by Gasteiger charge is -2.09. The van der Waals surface area contributed by atoms with Crippen molar-refractivity contribution in [3.8, 4) is 0 Å². The van der Waals surface area contributed by atoms with Gasteiger partial charge >= 0.3 is 5.97 Å². The summed E-state index contributed by atoms with van der Waals surface area (Å²) in [5.74, 6) is -0.203. The van der Waals surface area contributed by atoms with Crippen LogP contribution in [0.2, 0.25) is 0 Å². The Morgan fingerprint density at radius 1 is 1.15 bits per heavy atom. The molecule has 0 spiro atoms.